The Kier molecular flexibility index (Phi) is 5.84. The maximum Gasteiger partial charge on any atom is 0.410 e. The van der Waals surface area contributed by atoms with Crippen molar-refractivity contribution in [1.29, 1.82) is 0 Å². The molecule has 0 aliphatic carbocycles. The molecule has 1 aromatic carbocycles. The molecule has 4 rings (SSSR count). The molecule has 3 heterocycles. The van der Waals surface area contributed by atoms with Crippen LogP contribution in [0.4, 0.5) is 16.2 Å². The zero-order valence-corrected chi connectivity index (χ0v) is 19.5. The van der Waals surface area contributed by atoms with Crippen molar-refractivity contribution in [2.24, 2.45) is 11.8 Å². The van der Waals surface area contributed by atoms with Gasteiger partial charge in [0.1, 0.15) is 5.60 Å². The van der Waals surface area contributed by atoms with E-state index in [0.717, 1.165) is 35.6 Å². The number of nitrogens with zero attached hydrogens (tertiary/aromatic N) is 3. The summed E-state index contributed by atoms with van der Waals surface area (Å²) in [6.45, 7) is 12.8. The average molecular weight is 437 g/mol. The van der Waals surface area contributed by atoms with E-state index in [4.69, 9.17) is 4.74 Å². The lowest BCUT2D eigenvalue weighted by atomic mass is 10.0. The van der Waals surface area contributed by atoms with Gasteiger partial charge in [0, 0.05) is 49.9 Å². The van der Waals surface area contributed by atoms with Crippen LogP contribution in [0.5, 0.6) is 0 Å². The maximum absolute atomic E-state index is 12.8. The van der Waals surface area contributed by atoms with Crippen LogP contribution in [0, 0.1) is 25.7 Å². The van der Waals surface area contributed by atoms with Crippen molar-refractivity contribution in [3.8, 4) is 0 Å². The molecular weight excluding hydrogens is 404 g/mol. The van der Waals surface area contributed by atoms with Gasteiger partial charge < -0.3 is 19.9 Å². The fraction of sp³-hybridized carbons (Fsp3) is 0.480. The Morgan fingerprint density at radius 3 is 2.19 bits per heavy atom. The minimum absolute atomic E-state index is 0.167. The van der Waals surface area contributed by atoms with Gasteiger partial charge in [-0.05, 0) is 63.9 Å². The first-order valence-corrected chi connectivity index (χ1v) is 11.1. The van der Waals surface area contributed by atoms with E-state index < -0.39 is 5.60 Å². The summed E-state index contributed by atoms with van der Waals surface area (Å²) in [6, 6.07) is 7.89. The van der Waals surface area contributed by atoms with Gasteiger partial charge in [-0.25, -0.2) is 4.79 Å². The first kappa shape index (κ1) is 22.1. The van der Waals surface area contributed by atoms with Crippen LogP contribution in [0.3, 0.4) is 0 Å². The average Bonchev–Trinajstić information content (AvgIpc) is 3.25. The standard InChI is InChI=1S/C25H32N4O3/c1-16-6-17(2)8-21(7-16)27-23(30)18-9-22(11-26-10-18)28-12-19-14-29(15-20(19)13-28)24(31)32-25(3,4)5/h6-11,19-20H,12-15H2,1-5H3,(H,27,30)/t19-,20+. The summed E-state index contributed by atoms with van der Waals surface area (Å²) in [5.41, 5.74) is 4.00. The zero-order valence-electron chi connectivity index (χ0n) is 19.5. The fourth-order valence-corrected chi connectivity index (χ4v) is 4.65. The topological polar surface area (TPSA) is 74.8 Å². The van der Waals surface area contributed by atoms with Crippen LogP contribution in [0.15, 0.2) is 36.7 Å². The molecule has 2 saturated heterocycles. The third kappa shape index (κ3) is 5.03. The third-order valence-electron chi connectivity index (χ3n) is 5.97. The molecule has 170 valence electrons. The lowest BCUT2D eigenvalue weighted by Gasteiger charge is -2.26. The number of aromatic nitrogens is 1. The molecule has 7 heteroatoms. The Morgan fingerprint density at radius 2 is 1.59 bits per heavy atom. The van der Waals surface area contributed by atoms with Gasteiger partial charge in [-0.1, -0.05) is 6.07 Å². The van der Waals surface area contributed by atoms with Gasteiger partial charge in [0.2, 0.25) is 0 Å². The first-order valence-electron chi connectivity index (χ1n) is 11.1. The van der Waals surface area contributed by atoms with Gasteiger partial charge >= 0.3 is 6.09 Å². The number of hydrogen-bond donors (Lipinski definition) is 1. The van der Waals surface area contributed by atoms with Crippen molar-refractivity contribution in [1.82, 2.24) is 9.88 Å². The zero-order chi connectivity index (χ0) is 23.0. The second-order valence-corrected chi connectivity index (χ2v) is 10.1. The van der Waals surface area contributed by atoms with Crippen LogP contribution >= 0.6 is 0 Å². The highest BCUT2D eigenvalue weighted by atomic mass is 16.6. The molecule has 2 amide bonds. The van der Waals surface area contributed by atoms with Gasteiger partial charge in [-0.2, -0.15) is 0 Å². The number of rotatable bonds is 3. The van der Waals surface area contributed by atoms with Crippen molar-refractivity contribution in [3.05, 3.63) is 53.3 Å². The Labute approximate surface area is 189 Å². The summed E-state index contributed by atoms with van der Waals surface area (Å²) in [6.07, 6.45) is 3.17. The summed E-state index contributed by atoms with van der Waals surface area (Å²) >= 11 is 0. The van der Waals surface area contributed by atoms with Crippen molar-refractivity contribution < 1.29 is 14.3 Å². The van der Waals surface area contributed by atoms with E-state index in [1.807, 2.05) is 57.7 Å². The molecule has 2 aromatic rings. The van der Waals surface area contributed by atoms with Crippen LogP contribution in [-0.2, 0) is 4.74 Å². The van der Waals surface area contributed by atoms with Gasteiger partial charge in [0.15, 0.2) is 0 Å². The van der Waals surface area contributed by atoms with Crippen molar-refractivity contribution in [3.63, 3.8) is 0 Å². The molecule has 0 radical (unpaired) electrons. The van der Waals surface area contributed by atoms with Crippen LogP contribution < -0.4 is 10.2 Å². The number of likely N-dealkylation sites (tertiary alicyclic amines) is 1. The molecule has 0 spiro atoms. The number of amides is 2. The van der Waals surface area contributed by atoms with Crippen LogP contribution in [-0.4, -0.2) is 53.7 Å². The second-order valence-electron chi connectivity index (χ2n) is 10.1. The number of ether oxygens (including phenoxy) is 1. The Bertz CT molecular complexity index is 996. The molecule has 0 saturated carbocycles. The number of benzene rings is 1. The number of nitrogens with one attached hydrogen (secondary N) is 1. The molecule has 2 atom stereocenters. The van der Waals surface area contributed by atoms with E-state index in [0.29, 0.717) is 30.5 Å². The van der Waals surface area contributed by atoms with Crippen LogP contribution in [0.1, 0.15) is 42.3 Å². The fourth-order valence-electron chi connectivity index (χ4n) is 4.65. The van der Waals surface area contributed by atoms with Gasteiger partial charge in [0.25, 0.3) is 5.91 Å². The lowest BCUT2D eigenvalue weighted by molar-refractivity contribution is 0.0282. The highest BCUT2D eigenvalue weighted by Crippen LogP contribution is 2.34. The molecule has 2 fully saturated rings. The van der Waals surface area contributed by atoms with Gasteiger partial charge in [0.05, 0.1) is 17.4 Å². The number of pyridine rings is 1. The molecular formula is C25H32N4O3. The molecule has 1 aromatic heterocycles. The molecule has 2 aliphatic rings. The van der Waals surface area contributed by atoms with Gasteiger partial charge in [-0.15, -0.1) is 0 Å². The Morgan fingerprint density at radius 1 is 0.969 bits per heavy atom. The van der Waals surface area contributed by atoms with E-state index in [-0.39, 0.29) is 12.0 Å². The quantitative estimate of drug-likeness (QED) is 0.778. The summed E-state index contributed by atoms with van der Waals surface area (Å²) in [5, 5.41) is 2.98. The number of carbonyl (C=O) groups excluding carboxylic acids is 2. The van der Waals surface area contributed by atoms with Crippen molar-refractivity contribution in [2.75, 3.05) is 36.4 Å². The maximum atomic E-state index is 12.8. The predicted molar refractivity (Wildman–Crippen MR) is 125 cm³/mol. The highest BCUT2D eigenvalue weighted by molar-refractivity contribution is 6.04. The van der Waals surface area contributed by atoms with E-state index in [1.54, 1.807) is 12.4 Å². The summed E-state index contributed by atoms with van der Waals surface area (Å²) in [5.74, 6) is 0.630. The lowest BCUT2D eigenvalue weighted by Crippen LogP contribution is -2.37. The highest BCUT2D eigenvalue weighted by Gasteiger charge is 2.42. The monoisotopic (exact) mass is 436 g/mol. The van der Waals surface area contributed by atoms with Gasteiger partial charge in [-0.3, -0.25) is 9.78 Å². The van der Waals surface area contributed by atoms with Crippen molar-refractivity contribution in [2.45, 2.75) is 40.2 Å². The van der Waals surface area contributed by atoms with Crippen LogP contribution in [0.2, 0.25) is 0 Å². The Balaban J connectivity index is 1.39. The Hall–Kier alpha value is -3.09. The number of carbonyl (C=O) groups is 2. The molecule has 0 unspecified atom stereocenters. The number of hydrogen-bond acceptors (Lipinski definition) is 5. The SMILES string of the molecule is Cc1cc(C)cc(NC(=O)c2cncc(N3C[C@H]4CN(C(=O)OC(C)(C)C)C[C@H]4C3)c2)c1. The normalized spacial score (nSPS) is 20.3. The largest absolute Gasteiger partial charge is 0.444 e. The predicted octanol–water partition coefficient (Wildman–Crippen LogP) is 4.25. The van der Waals surface area contributed by atoms with E-state index in [1.165, 1.54) is 0 Å². The summed E-state index contributed by atoms with van der Waals surface area (Å²) in [7, 11) is 0. The molecule has 2 aliphatic heterocycles. The van der Waals surface area contributed by atoms with Crippen molar-refractivity contribution >= 4 is 23.4 Å². The minimum atomic E-state index is -0.482. The van der Waals surface area contributed by atoms with E-state index >= 15 is 0 Å². The number of fused-ring (bicyclic) bond motifs is 1. The molecule has 7 nitrogen and oxygen atoms in total. The smallest absolute Gasteiger partial charge is 0.410 e. The summed E-state index contributed by atoms with van der Waals surface area (Å²) < 4.78 is 5.52. The minimum Gasteiger partial charge on any atom is -0.444 e. The summed E-state index contributed by atoms with van der Waals surface area (Å²) in [4.78, 5) is 33.6. The number of anilines is 2. The molecule has 1 N–H and O–H groups in total. The van der Waals surface area contributed by atoms with Crippen LogP contribution in [0.25, 0.3) is 0 Å². The van der Waals surface area contributed by atoms with E-state index in [9.17, 15) is 9.59 Å². The second kappa shape index (κ2) is 8.45. The van der Waals surface area contributed by atoms with E-state index in [2.05, 4.69) is 21.3 Å². The molecule has 0 bridgehead atoms. The molecule has 32 heavy (non-hydrogen) atoms. The first-order chi connectivity index (χ1) is 15.1. The third-order valence-corrected chi connectivity index (χ3v) is 5.97. The number of aryl methyl sites for hydroxylation is 2.